The molecule has 5 heteroatoms. The number of rotatable bonds is 4. The van der Waals surface area contributed by atoms with Gasteiger partial charge in [-0.1, -0.05) is 0 Å². The Balaban J connectivity index is 1.86. The summed E-state index contributed by atoms with van der Waals surface area (Å²) in [6.45, 7) is 3.55. The molecule has 5 nitrogen and oxygen atoms in total. The predicted octanol–water partition coefficient (Wildman–Crippen LogP) is 1.09. The quantitative estimate of drug-likeness (QED) is 0.808. The minimum Gasteiger partial charge on any atom is -0.367 e. The number of anilines is 1. The summed E-state index contributed by atoms with van der Waals surface area (Å²) in [4.78, 5) is 8.34. The number of nitrogens with zero attached hydrogens (tertiary/aromatic N) is 4. The van der Waals surface area contributed by atoms with E-state index < -0.39 is 0 Å². The minimum atomic E-state index is 0.793. The Labute approximate surface area is 88.2 Å². The van der Waals surface area contributed by atoms with Gasteiger partial charge in [0.25, 0.3) is 0 Å². The number of nitrogens with one attached hydrogen (secondary N) is 1. The molecule has 2 rings (SSSR count). The predicted molar refractivity (Wildman–Crippen MR) is 57.5 cm³/mol. The van der Waals surface area contributed by atoms with Crippen molar-refractivity contribution in [1.82, 2.24) is 19.7 Å². The maximum Gasteiger partial charge on any atom is 0.147 e. The first-order valence-electron chi connectivity index (χ1n) is 4.85. The monoisotopic (exact) mass is 203 g/mol. The molecule has 0 spiro atoms. The molecule has 0 fully saturated rings. The highest BCUT2D eigenvalue weighted by Crippen LogP contribution is 2.04. The largest absolute Gasteiger partial charge is 0.367 e. The lowest BCUT2D eigenvalue weighted by Gasteiger charge is -2.06. The first-order chi connectivity index (χ1) is 7.36. The molecule has 15 heavy (non-hydrogen) atoms. The van der Waals surface area contributed by atoms with Gasteiger partial charge in [0, 0.05) is 31.3 Å². The van der Waals surface area contributed by atoms with Gasteiger partial charge in [-0.3, -0.25) is 9.67 Å². The second kappa shape index (κ2) is 4.54. The lowest BCUT2D eigenvalue weighted by atomic mass is 10.4. The van der Waals surface area contributed by atoms with E-state index in [1.807, 2.05) is 23.9 Å². The maximum atomic E-state index is 4.19. The molecule has 0 saturated carbocycles. The summed E-state index contributed by atoms with van der Waals surface area (Å²) in [5.74, 6) is 0.838. The second-order valence-electron chi connectivity index (χ2n) is 3.19. The smallest absolute Gasteiger partial charge is 0.147 e. The second-order valence-corrected chi connectivity index (χ2v) is 3.19. The third kappa shape index (κ3) is 2.52. The van der Waals surface area contributed by atoms with Crippen molar-refractivity contribution in [3.8, 4) is 0 Å². The van der Waals surface area contributed by atoms with Crippen molar-refractivity contribution in [2.75, 3.05) is 11.9 Å². The summed E-state index contributed by atoms with van der Waals surface area (Å²) in [5, 5.41) is 7.33. The molecule has 0 amide bonds. The summed E-state index contributed by atoms with van der Waals surface area (Å²) in [5.41, 5.74) is 0.915. The van der Waals surface area contributed by atoms with E-state index >= 15 is 0 Å². The number of aromatic nitrogens is 4. The lowest BCUT2D eigenvalue weighted by molar-refractivity contribution is 0.636. The lowest BCUT2D eigenvalue weighted by Crippen LogP contribution is -2.12. The molecule has 0 unspecified atom stereocenters. The van der Waals surface area contributed by atoms with E-state index in [4.69, 9.17) is 0 Å². The van der Waals surface area contributed by atoms with E-state index in [1.54, 1.807) is 18.6 Å². The Kier molecular flexibility index (Phi) is 2.92. The van der Waals surface area contributed by atoms with Gasteiger partial charge >= 0.3 is 0 Å². The first kappa shape index (κ1) is 9.64. The van der Waals surface area contributed by atoms with Crippen LogP contribution in [-0.4, -0.2) is 26.3 Å². The van der Waals surface area contributed by atoms with Crippen molar-refractivity contribution in [3.05, 3.63) is 36.5 Å². The summed E-state index contributed by atoms with van der Waals surface area (Å²) in [7, 11) is 0. The number of hydrogen-bond donors (Lipinski definition) is 1. The van der Waals surface area contributed by atoms with Crippen LogP contribution in [0.3, 0.4) is 0 Å². The van der Waals surface area contributed by atoms with E-state index in [-0.39, 0.29) is 0 Å². The van der Waals surface area contributed by atoms with E-state index in [0.29, 0.717) is 0 Å². The van der Waals surface area contributed by atoms with Crippen LogP contribution in [0.25, 0.3) is 0 Å². The summed E-state index contributed by atoms with van der Waals surface area (Å²) in [6.07, 6.45) is 7.08. The Morgan fingerprint density at radius 1 is 1.27 bits per heavy atom. The van der Waals surface area contributed by atoms with Crippen LogP contribution in [0.4, 0.5) is 5.82 Å². The van der Waals surface area contributed by atoms with E-state index in [1.165, 1.54) is 0 Å². The molecule has 2 aromatic rings. The van der Waals surface area contributed by atoms with E-state index in [0.717, 1.165) is 24.6 Å². The third-order valence-corrected chi connectivity index (χ3v) is 2.07. The van der Waals surface area contributed by atoms with Gasteiger partial charge in [0.05, 0.1) is 12.2 Å². The zero-order valence-corrected chi connectivity index (χ0v) is 8.59. The van der Waals surface area contributed by atoms with Gasteiger partial charge in [-0.25, -0.2) is 4.98 Å². The Morgan fingerprint density at radius 3 is 2.87 bits per heavy atom. The van der Waals surface area contributed by atoms with Crippen LogP contribution in [0.5, 0.6) is 0 Å². The number of aryl methyl sites for hydroxylation is 1. The average molecular weight is 203 g/mol. The van der Waals surface area contributed by atoms with Gasteiger partial charge in [-0.2, -0.15) is 5.10 Å². The molecular formula is C10H13N5. The van der Waals surface area contributed by atoms with Crippen molar-refractivity contribution in [1.29, 1.82) is 0 Å². The zero-order chi connectivity index (χ0) is 10.5. The molecule has 0 aliphatic heterocycles. The normalized spacial score (nSPS) is 10.2. The van der Waals surface area contributed by atoms with Crippen LogP contribution in [0.1, 0.15) is 5.69 Å². The molecule has 1 N–H and O–H groups in total. The topological polar surface area (TPSA) is 55.6 Å². The van der Waals surface area contributed by atoms with Crippen LogP contribution in [0.2, 0.25) is 0 Å². The molecule has 78 valence electrons. The molecule has 0 saturated heterocycles. The van der Waals surface area contributed by atoms with Crippen molar-refractivity contribution in [3.63, 3.8) is 0 Å². The Morgan fingerprint density at radius 2 is 2.13 bits per heavy atom. The minimum absolute atomic E-state index is 0.793. The molecule has 0 aromatic carbocycles. The molecule has 0 aliphatic carbocycles. The van der Waals surface area contributed by atoms with Crippen molar-refractivity contribution < 1.29 is 0 Å². The van der Waals surface area contributed by atoms with Crippen molar-refractivity contribution >= 4 is 5.82 Å². The molecule has 0 radical (unpaired) electrons. The van der Waals surface area contributed by atoms with Crippen LogP contribution in [0.15, 0.2) is 30.9 Å². The summed E-state index contributed by atoms with van der Waals surface area (Å²) in [6, 6.07) is 1.91. The Hall–Kier alpha value is -1.91. The highest BCUT2D eigenvalue weighted by Gasteiger charge is 1.98. The fourth-order valence-corrected chi connectivity index (χ4v) is 1.30. The van der Waals surface area contributed by atoms with Crippen LogP contribution in [-0.2, 0) is 6.54 Å². The van der Waals surface area contributed by atoms with Gasteiger partial charge in [0.2, 0.25) is 0 Å². The van der Waals surface area contributed by atoms with Crippen LogP contribution in [0, 0.1) is 6.92 Å². The molecule has 2 heterocycles. The van der Waals surface area contributed by atoms with Gasteiger partial charge in [0.15, 0.2) is 0 Å². The summed E-state index contributed by atoms with van der Waals surface area (Å²) >= 11 is 0. The van der Waals surface area contributed by atoms with E-state index in [2.05, 4.69) is 20.4 Å². The maximum absolute atomic E-state index is 4.19. The van der Waals surface area contributed by atoms with E-state index in [9.17, 15) is 0 Å². The Bertz CT molecular complexity index is 410. The fourth-order valence-electron chi connectivity index (χ4n) is 1.30. The fraction of sp³-hybridized carbons (Fsp3) is 0.300. The van der Waals surface area contributed by atoms with Crippen LogP contribution < -0.4 is 5.32 Å². The SMILES string of the molecule is Cc1nccnc1NCCn1cccn1. The third-order valence-electron chi connectivity index (χ3n) is 2.07. The van der Waals surface area contributed by atoms with Crippen molar-refractivity contribution in [2.24, 2.45) is 0 Å². The van der Waals surface area contributed by atoms with Gasteiger partial charge in [-0.15, -0.1) is 0 Å². The molecule has 0 bridgehead atoms. The first-order valence-corrected chi connectivity index (χ1v) is 4.85. The molecule has 0 aliphatic rings. The highest BCUT2D eigenvalue weighted by atomic mass is 15.3. The number of hydrogen-bond acceptors (Lipinski definition) is 4. The van der Waals surface area contributed by atoms with Gasteiger partial charge in [0.1, 0.15) is 5.82 Å². The van der Waals surface area contributed by atoms with Gasteiger partial charge in [-0.05, 0) is 13.0 Å². The highest BCUT2D eigenvalue weighted by molar-refractivity contribution is 5.37. The molecule has 0 atom stereocenters. The average Bonchev–Trinajstić information content (AvgIpc) is 2.74. The zero-order valence-electron chi connectivity index (χ0n) is 8.59. The van der Waals surface area contributed by atoms with Gasteiger partial charge < -0.3 is 5.32 Å². The van der Waals surface area contributed by atoms with Crippen molar-refractivity contribution in [2.45, 2.75) is 13.5 Å². The summed E-state index contributed by atoms with van der Waals surface area (Å²) < 4.78 is 1.87. The standard InChI is InChI=1S/C10H13N5/c1-9-10(12-5-4-11-9)13-6-8-15-7-2-3-14-15/h2-5,7H,6,8H2,1H3,(H,12,13). The molecule has 2 aromatic heterocycles. The molecular weight excluding hydrogens is 190 g/mol. The van der Waals surface area contributed by atoms with Crippen LogP contribution >= 0.6 is 0 Å².